The Morgan fingerprint density at radius 3 is 2.88 bits per heavy atom. The standard InChI is InChI=1S/C17H17F3N2O3S/c18-17(19,20)11-25-14-4-2-1-3-13(14)21-16(23)22-6-7-24-15(9-22)12-5-8-26-10-12/h1-5,8,10,15H,6-7,9,11H2,(H,21,23). The lowest BCUT2D eigenvalue weighted by molar-refractivity contribution is -0.153. The van der Waals surface area contributed by atoms with E-state index in [1.165, 1.54) is 12.1 Å². The van der Waals surface area contributed by atoms with Crippen LogP contribution in [0.2, 0.25) is 0 Å². The number of rotatable bonds is 4. The molecule has 2 heterocycles. The second-order valence-corrected chi connectivity index (χ2v) is 6.47. The van der Waals surface area contributed by atoms with Crippen molar-refractivity contribution >= 4 is 23.1 Å². The van der Waals surface area contributed by atoms with E-state index in [0.29, 0.717) is 19.7 Å². The molecule has 3 rings (SSSR count). The molecule has 1 aromatic carbocycles. The molecule has 0 radical (unpaired) electrons. The summed E-state index contributed by atoms with van der Waals surface area (Å²) in [6, 6.07) is 7.58. The zero-order chi connectivity index (χ0) is 18.6. The third-order valence-electron chi connectivity index (χ3n) is 3.79. The minimum atomic E-state index is -4.45. The number of anilines is 1. The number of ether oxygens (including phenoxy) is 2. The number of alkyl halides is 3. The van der Waals surface area contributed by atoms with Crippen molar-refractivity contribution in [1.82, 2.24) is 4.90 Å². The highest BCUT2D eigenvalue weighted by Crippen LogP contribution is 2.28. The first kappa shape index (κ1) is 18.5. The summed E-state index contributed by atoms with van der Waals surface area (Å²) in [7, 11) is 0. The highest BCUT2D eigenvalue weighted by Gasteiger charge is 2.29. The van der Waals surface area contributed by atoms with E-state index in [-0.39, 0.29) is 17.5 Å². The number of urea groups is 1. The van der Waals surface area contributed by atoms with Crippen LogP contribution in [-0.2, 0) is 4.74 Å². The van der Waals surface area contributed by atoms with Crippen molar-refractivity contribution < 1.29 is 27.4 Å². The smallest absolute Gasteiger partial charge is 0.422 e. The number of halogens is 3. The first-order valence-corrected chi connectivity index (χ1v) is 8.85. The zero-order valence-corrected chi connectivity index (χ0v) is 14.5. The zero-order valence-electron chi connectivity index (χ0n) is 13.7. The van der Waals surface area contributed by atoms with Gasteiger partial charge in [0.25, 0.3) is 0 Å². The van der Waals surface area contributed by atoms with Crippen molar-refractivity contribution in [3.05, 3.63) is 46.7 Å². The Bertz CT molecular complexity index is 737. The van der Waals surface area contributed by atoms with Gasteiger partial charge in [-0.15, -0.1) is 0 Å². The molecule has 1 unspecified atom stereocenters. The SMILES string of the molecule is O=C(Nc1ccccc1OCC(F)(F)F)N1CCOC(c2ccsc2)C1. The molecular weight excluding hydrogens is 369 g/mol. The lowest BCUT2D eigenvalue weighted by Crippen LogP contribution is -2.44. The number of nitrogens with zero attached hydrogens (tertiary/aromatic N) is 1. The predicted octanol–water partition coefficient (Wildman–Crippen LogP) is 4.29. The van der Waals surface area contributed by atoms with Gasteiger partial charge in [-0.1, -0.05) is 12.1 Å². The number of thiophene rings is 1. The lowest BCUT2D eigenvalue weighted by atomic mass is 10.1. The van der Waals surface area contributed by atoms with E-state index in [4.69, 9.17) is 9.47 Å². The highest BCUT2D eigenvalue weighted by molar-refractivity contribution is 7.07. The van der Waals surface area contributed by atoms with Gasteiger partial charge in [-0.05, 0) is 34.5 Å². The van der Waals surface area contributed by atoms with Gasteiger partial charge in [0, 0.05) is 6.54 Å². The Hall–Kier alpha value is -2.26. The van der Waals surface area contributed by atoms with Crippen LogP contribution in [0.4, 0.5) is 23.7 Å². The van der Waals surface area contributed by atoms with Crippen LogP contribution in [0.25, 0.3) is 0 Å². The number of hydrogen-bond acceptors (Lipinski definition) is 4. The van der Waals surface area contributed by atoms with E-state index in [1.807, 2.05) is 16.8 Å². The van der Waals surface area contributed by atoms with Gasteiger partial charge in [0.2, 0.25) is 0 Å². The summed E-state index contributed by atoms with van der Waals surface area (Å²) >= 11 is 1.55. The number of benzene rings is 1. The summed E-state index contributed by atoms with van der Waals surface area (Å²) in [6.07, 6.45) is -4.66. The summed E-state index contributed by atoms with van der Waals surface area (Å²) < 4.78 is 47.6. The normalized spacial score (nSPS) is 17.8. The maximum Gasteiger partial charge on any atom is 0.422 e. The Morgan fingerprint density at radius 1 is 1.35 bits per heavy atom. The molecule has 1 aliphatic rings. The number of morpholine rings is 1. The third kappa shape index (κ3) is 4.89. The molecule has 140 valence electrons. The minimum Gasteiger partial charge on any atom is -0.482 e. The summed E-state index contributed by atoms with van der Waals surface area (Å²) in [6.45, 7) is -0.260. The topological polar surface area (TPSA) is 50.8 Å². The molecule has 0 spiro atoms. The van der Waals surface area contributed by atoms with Gasteiger partial charge in [0.05, 0.1) is 18.8 Å². The van der Waals surface area contributed by atoms with Crippen molar-refractivity contribution in [2.24, 2.45) is 0 Å². The summed E-state index contributed by atoms with van der Waals surface area (Å²) in [4.78, 5) is 14.1. The number of hydrogen-bond donors (Lipinski definition) is 1. The van der Waals surface area contributed by atoms with Gasteiger partial charge in [0.1, 0.15) is 11.9 Å². The molecule has 1 fully saturated rings. The fraction of sp³-hybridized carbons (Fsp3) is 0.353. The summed E-state index contributed by atoms with van der Waals surface area (Å²) in [5, 5.41) is 6.53. The molecule has 5 nitrogen and oxygen atoms in total. The lowest BCUT2D eigenvalue weighted by Gasteiger charge is -2.32. The molecule has 9 heteroatoms. The van der Waals surface area contributed by atoms with Crippen molar-refractivity contribution in [2.75, 3.05) is 31.6 Å². The maximum atomic E-state index is 12.5. The van der Waals surface area contributed by atoms with E-state index < -0.39 is 18.8 Å². The number of carbonyl (C=O) groups excluding carboxylic acids is 1. The van der Waals surface area contributed by atoms with Gasteiger partial charge in [-0.2, -0.15) is 24.5 Å². The average molecular weight is 386 g/mol. The van der Waals surface area contributed by atoms with Gasteiger partial charge in [-0.25, -0.2) is 4.79 Å². The van der Waals surface area contributed by atoms with Gasteiger partial charge < -0.3 is 19.7 Å². The van der Waals surface area contributed by atoms with Crippen LogP contribution in [0.15, 0.2) is 41.1 Å². The molecule has 1 aliphatic heterocycles. The first-order chi connectivity index (χ1) is 12.4. The second-order valence-electron chi connectivity index (χ2n) is 5.69. The molecule has 0 saturated carbocycles. The Balaban J connectivity index is 1.64. The van der Waals surface area contributed by atoms with Gasteiger partial charge >= 0.3 is 12.2 Å². The third-order valence-corrected chi connectivity index (χ3v) is 4.49. The summed E-state index contributed by atoms with van der Waals surface area (Å²) in [5.41, 5.74) is 1.20. The highest BCUT2D eigenvalue weighted by atomic mass is 32.1. The predicted molar refractivity (Wildman–Crippen MR) is 91.6 cm³/mol. The van der Waals surface area contributed by atoms with Crippen molar-refractivity contribution in [2.45, 2.75) is 12.3 Å². The molecule has 1 saturated heterocycles. The quantitative estimate of drug-likeness (QED) is 0.853. The molecule has 2 aromatic rings. The molecule has 0 bridgehead atoms. The molecule has 1 aromatic heterocycles. The number of nitrogens with one attached hydrogen (secondary N) is 1. The largest absolute Gasteiger partial charge is 0.482 e. The minimum absolute atomic E-state index is 0.0270. The van der Waals surface area contributed by atoms with Crippen LogP contribution >= 0.6 is 11.3 Å². The van der Waals surface area contributed by atoms with Crippen LogP contribution in [0.5, 0.6) is 5.75 Å². The summed E-state index contributed by atoms with van der Waals surface area (Å²) in [5.74, 6) is -0.0270. The fourth-order valence-electron chi connectivity index (χ4n) is 2.54. The second kappa shape index (κ2) is 7.96. The molecular formula is C17H17F3N2O3S. The Labute approximate surface area is 152 Å². The molecule has 2 amide bonds. The van der Waals surface area contributed by atoms with Crippen LogP contribution in [0.3, 0.4) is 0 Å². The van der Waals surface area contributed by atoms with E-state index in [1.54, 1.807) is 28.4 Å². The van der Waals surface area contributed by atoms with E-state index >= 15 is 0 Å². The van der Waals surface area contributed by atoms with Crippen LogP contribution in [0, 0.1) is 0 Å². The molecule has 1 atom stereocenters. The first-order valence-electron chi connectivity index (χ1n) is 7.90. The van der Waals surface area contributed by atoms with Crippen LogP contribution in [-0.4, -0.2) is 43.4 Å². The maximum absolute atomic E-state index is 12.5. The van der Waals surface area contributed by atoms with Gasteiger partial charge in [-0.3, -0.25) is 0 Å². The van der Waals surface area contributed by atoms with Crippen molar-refractivity contribution in [3.8, 4) is 5.75 Å². The van der Waals surface area contributed by atoms with E-state index in [9.17, 15) is 18.0 Å². The molecule has 1 N–H and O–H groups in total. The van der Waals surface area contributed by atoms with E-state index in [2.05, 4.69) is 5.32 Å². The van der Waals surface area contributed by atoms with Crippen molar-refractivity contribution in [3.63, 3.8) is 0 Å². The number of carbonyl (C=O) groups is 1. The van der Waals surface area contributed by atoms with Crippen LogP contribution in [0.1, 0.15) is 11.7 Å². The molecule has 26 heavy (non-hydrogen) atoms. The number of para-hydroxylation sites is 2. The number of amides is 2. The van der Waals surface area contributed by atoms with Crippen LogP contribution < -0.4 is 10.1 Å². The van der Waals surface area contributed by atoms with Gasteiger partial charge in [0.15, 0.2) is 6.61 Å². The molecule has 0 aliphatic carbocycles. The Morgan fingerprint density at radius 2 is 2.15 bits per heavy atom. The van der Waals surface area contributed by atoms with E-state index in [0.717, 1.165) is 5.56 Å². The average Bonchev–Trinajstić information content (AvgIpc) is 3.15. The fourth-order valence-corrected chi connectivity index (χ4v) is 3.24. The Kier molecular flexibility index (Phi) is 5.67. The van der Waals surface area contributed by atoms with Crippen molar-refractivity contribution in [1.29, 1.82) is 0 Å². The monoisotopic (exact) mass is 386 g/mol.